The molecule has 0 amide bonds. The highest BCUT2D eigenvalue weighted by molar-refractivity contribution is 6.17. The average molecular weight is 260 g/mol. The number of aryl methyl sites for hydroxylation is 2. The summed E-state index contributed by atoms with van der Waals surface area (Å²) in [5, 5.41) is 7.87. The van der Waals surface area contributed by atoms with E-state index in [-0.39, 0.29) is 0 Å². The van der Waals surface area contributed by atoms with E-state index in [1.165, 1.54) is 5.69 Å². The lowest BCUT2D eigenvalue weighted by atomic mass is 10.2. The van der Waals surface area contributed by atoms with Crippen LogP contribution in [0.4, 0.5) is 0 Å². The van der Waals surface area contributed by atoms with E-state index < -0.39 is 0 Å². The first kappa shape index (κ1) is 14.5. The number of nitrogens with one attached hydrogen (secondary N) is 1. The summed E-state index contributed by atoms with van der Waals surface area (Å²) < 4.78 is 7.18. The third-order valence-corrected chi connectivity index (χ3v) is 2.90. The van der Waals surface area contributed by atoms with Crippen molar-refractivity contribution in [2.45, 2.75) is 39.4 Å². The molecule has 0 aliphatic rings. The normalized spacial score (nSPS) is 12.9. The van der Waals surface area contributed by atoms with Crippen LogP contribution in [0, 0.1) is 6.92 Å². The Morgan fingerprint density at radius 2 is 2.35 bits per heavy atom. The fraction of sp³-hybridized carbons (Fsp3) is 0.750. The van der Waals surface area contributed by atoms with E-state index in [4.69, 9.17) is 16.3 Å². The number of ether oxygens (including phenoxy) is 1. The maximum atomic E-state index is 5.76. The number of nitrogens with zero attached hydrogens (tertiary/aromatic N) is 2. The van der Waals surface area contributed by atoms with Gasteiger partial charge in [0, 0.05) is 32.1 Å². The van der Waals surface area contributed by atoms with Gasteiger partial charge in [-0.25, -0.2) is 0 Å². The van der Waals surface area contributed by atoms with Gasteiger partial charge in [-0.05, 0) is 26.3 Å². The van der Waals surface area contributed by atoms with Gasteiger partial charge in [-0.15, -0.1) is 11.6 Å². The zero-order valence-electron chi connectivity index (χ0n) is 10.9. The van der Waals surface area contributed by atoms with Gasteiger partial charge in [0.2, 0.25) is 0 Å². The molecule has 0 aromatic carbocycles. The monoisotopic (exact) mass is 259 g/mol. The van der Waals surface area contributed by atoms with Crippen LogP contribution < -0.4 is 5.32 Å². The molecule has 0 aliphatic carbocycles. The van der Waals surface area contributed by atoms with Gasteiger partial charge in [-0.3, -0.25) is 4.68 Å². The minimum absolute atomic E-state index is 0.304. The molecule has 0 fully saturated rings. The second-order valence-corrected chi connectivity index (χ2v) is 4.48. The smallest absolute Gasteiger partial charge is 0.0616 e. The Morgan fingerprint density at radius 3 is 2.94 bits per heavy atom. The molecule has 1 atom stereocenters. The van der Waals surface area contributed by atoms with Gasteiger partial charge >= 0.3 is 0 Å². The minimum atomic E-state index is 0.304. The van der Waals surface area contributed by atoms with Crippen molar-refractivity contribution >= 4 is 11.6 Å². The van der Waals surface area contributed by atoms with Gasteiger partial charge in [-0.2, -0.15) is 5.10 Å². The molecule has 0 aliphatic heterocycles. The molecule has 1 rings (SSSR count). The summed E-state index contributed by atoms with van der Waals surface area (Å²) in [5.41, 5.74) is 2.27. The van der Waals surface area contributed by atoms with Crippen molar-refractivity contribution in [3.8, 4) is 0 Å². The number of halogens is 1. The second kappa shape index (κ2) is 7.69. The second-order valence-electron chi connectivity index (χ2n) is 4.10. The molecule has 0 saturated carbocycles. The van der Waals surface area contributed by atoms with Crippen molar-refractivity contribution in [2.24, 2.45) is 0 Å². The van der Waals surface area contributed by atoms with Gasteiger partial charge in [-0.1, -0.05) is 0 Å². The van der Waals surface area contributed by atoms with Crippen LogP contribution in [0.25, 0.3) is 0 Å². The Balaban J connectivity index is 2.51. The summed E-state index contributed by atoms with van der Waals surface area (Å²) in [6.45, 7) is 6.50. The van der Waals surface area contributed by atoms with Crippen molar-refractivity contribution in [1.29, 1.82) is 0 Å². The molecule has 1 aromatic heterocycles. The summed E-state index contributed by atoms with van der Waals surface area (Å²) in [4.78, 5) is 0. The number of rotatable bonds is 8. The van der Waals surface area contributed by atoms with E-state index in [0.717, 1.165) is 25.2 Å². The molecule has 0 bridgehead atoms. The lowest BCUT2D eigenvalue weighted by Crippen LogP contribution is -2.33. The fourth-order valence-corrected chi connectivity index (χ4v) is 2.10. The van der Waals surface area contributed by atoms with E-state index in [9.17, 15) is 0 Å². The predicted molar refractivity (Wildman–Crippen MR) is 70.5 cm³/mol. The van der Waals surface area contributed by atoms with Gasteiger partial charge in [0.25, 0.3) is 0 Å². The van der Waals surface area contributed by atoms with E-state index in [0.29, 0.717) is 18.5 Å². The maximum absolute atomic E-state index is 5.76. The van der Waals surface area contributed by atoms with Gasteiger partial charge < -0.3 is 10.1 Å². The first-order valence-corrected chi connectivity index (χ1v) is 6.56. The topological polar surface area (TPSA) is 39.1 Å². The number of alkyl halides is 1. The number of methoxy groups -OCH3 is 1. The number of hydrogen-bond donors (Lipinski definition) is 1. The highest BCUT2D eigenvalue weighted by Crippen LogP contribution is 2.05. The van der Waals surface area contributed by atoms with Gasteiger partial charge in [0.05, 0.1) is 18.0 Å². The highest BCUT2D eigenvalue weighted by atomic mass is 35.5. The molecular formula is C12H22ClN3O. The van der Waals surface area contributed by atoms with E-state index in [2.05, 4.69) is 23.4 Å². The molecule has 1 heterocycles. The van der Waals surface area contributed by atoms with Crippen LogP contribution in [0.2, 0.25) is 0 Å². The molecule has 0 spiro atoms. The zero-order chi connectivity index (χ0) is 12.7. The van der Waals surface area contributed by atoms with E-state index in [1.807, 2.05) is 11.6 Å². The molecule has 17 heavy (non-hydrogen) atoms. The molecule has 4 nitrogen and oxygen atoms in total. The first-order chi connectivity index (χ1) is 8.21. The minimum Gasteiger partial charge on any atom is -0.383 e. The Kier molecular flexibility index (Phi) is 6.55. The Hall–Kier alpha value is -0.580. The molecule has 1 aromatic rings. The third-order valence-electron chi connectivity index (χ3n) is 2.68. The summed E-state index contributed by atoms with van der Waals surface area (Å²) >= 11 is 5.76. The quantitative estimate of drug-likeness (QED) is 0.726. The lowest BCUT2D eigenvalue weighted by molar-refractivity contribution is 0.163. The van der Waals surface area contributed by atoms with Crippen LogP contribution in [0.5, 0.6) is 0 Å². The standard InChI is InChI=1S/C12H22ClN3O/c1-4-16-12(7-10(2)15-16)8-14-11(5-6-13)9-17-3/h7,11,14H,4-6,8-9H2,1-3H3. The van der Waals surface area contributed by atoms with Crippen LogP contribution in [0.3, 0.4) is 0 Å². The van der Waals surface area contributed by atoms with Crippen LogP contribution in [0.15, 0.2) is 6.07 Å². The number of aromatic nitrogens is 2. The Bertz CT molecular complexity index is 322. The summed E-state index contributed by atoms with van der Waals surface area (Å²) in [7, 11) is 1.71. The van der Waals surface area contributed by atoms with Crippen LogP contribution in [-0.2, 0) is 17.8 Å². The van der Waals surface area contributed by atoms with Crippen molar-refractivity contribution in [3.05, 3.63) is 17.5 Å². The summed E-state index contributed by atoms with van der Waals surface area (Å²) in [6.07, 6.45) is 0.911. The summed E-state index contributed by atoms with van der Waals surface area (Å²) in [5.74, 6) is 0.646. The van der Waals surface area contributed by atoms with Crippen LogP contribution >= 0.6 is 11.6 Å². The molecule has 98 valence electrons. The lowest BCUT2D eigenvalue weighted by Gasteiger charge is -2.16. The molecule has 0 radical (unpaired) electrons. The largest absolute Gasteiger partial charge is 0.383 e. The first-order valence-electron chi connectivity index (χ1n) is 6.02. The molecular weight excluding hydrogens is 238 g/mol. The SMILES string of the molecule is CCn1nc(C)cc1CNC(CCCl)COC. The van der Waals surface area contributed by atoms with Crippen molar-refractivity contribution in [1.82, 2.24) is 15.1 Å². The van der Waals surface area contributed by atoms with Crippen LogP contribution in [0.1, 0.15) is 24.7 Å². The van der Waals surface area contributed by atoms with Crippen molar-refractivity contribution < 1.29 is 4.74 Å². The molecule has 0 saturated heterocycles. The van der Waals surface area contributed by atoms with Gasteiger partial charge in [0.1, 0.15) is 0 Å². The van der Waals surface area contributed by atoms with Crippen molar-refractivity contribution in [3.63, 3.8) is 0 Å². The average Bonchev–Trinajstić information content (AvgIpc) is 2.67. The molecule has 1 N–H and O–H groups in total. The van der Waals surface area contributed by atoms with E-state index >= 15 is 0 Å². The fourth-order valence-electron chi connectivity index (χ4n) is 1.84. The summed E-state index contributed by atoms with van der Waals surface area (Å²) in [6, 6.07) is 2.42. The molecule has 5 heteroatoms. The predicted octanol–water partition coefficient (Wildman–Crippen LogP) is 1.94. The maximum Gasteiger partial charge on any atom is 0.0616 e. The van der Waals surface area contributed by atoms with Crippen molar-refractivity contribution in [2.75, 3.05) is 19.6 Å². The Morgan fingerprint density at radius 1 is 1.59 bits per heavy atom. The Labute approximate surface area is 108 Å². The zero-order valence-corrected chi connectivity index (χ0v) is 11.6. The third kappa shape index (κ3) is 4.66. The molecule has 1 unspecified atom stereocenters. The van der Waals surface area contributed by atoms with Crippen LogP contribution in [-0.4, -0.2) is 35.4 Å². The van der Waals surface area contributed by atoms with Gasteiger partial charge in [0.15, 0.2) is 0 Å². The van der Waals surface area contributed by atoms with E-state index in [1.54, 1.807) is 7.11 Å². The highest BCUT2D eigenvalue weighted by Gasteiger charge is 2.09. The number of hydrogen-bond acceptors (Lipinski definition) is 3.